The van der Waals surface area contributed by atoms with Crippen molar-refractivity contribution in [3.8, 4) is 0 Å². The molecule has 19 heteroatoms. The minimum atomic E-state index is -4.76. The van der Waals surface area contributed by atoms with Gasteiger partial charge in [-0.3, -0.25) is 4.57 Å². The fraction of sp³-hybridized carbons (Fsp3) is 0.704. The summed E-state index contributed by atoms with van der Waals surface area (Å²) in [5.41, 5.74) is 0.552. The number of aliphatic hydroxyl groups is 1. The van der Waals surface area contributed by atoms with Gasteiger partial charge in [-0.1, -0.05) is 24.6 Å². The first-order valence-corrected chi connectivity index (χ1v) is 16.8. The molecule has 4 N–H and O–H groups in total. The fourth-order valence-electron chi connectivity index (χ4n) is 6.14. The van der Waals surface area contributed by atoms with Gasteiger partial charge in [-0.05, 0) is 40.5 Å². The third-order valence-electron chi connectivity index (χ3n) is 8.24. The fourth-order valence-corrected chi connectivity index (χ4v) is 7.52. The number of hydrogen-bond acceptors (Lipinski definition) is 15. The Bertz CT molecular complexity index is 1580. The van der Waals surface area contributed by atoms with Crippen molar-refractivity contribution in [3.63, 3.8) is 0 Å². The van der Waals surface area contributed by atoms with Gasteiger partial charge in [0.25, 0.3) is 0 Å². The predicted molar refractivity (Wildman–Crippen MR) is 159 cm³/mol. The highest BCUT2D eigenvalue weighted by molar-refractivity contribution is 7.54. The van der Waals surface area contributed by atoms with Crippen LogP contribution in [0.2, 0.25) is 0 Å². The smallest absolute Gasteiger partial charge is 0.369 e. The highest BCUT2D eigenvalue weighted by atomic mass is 31.2. The highest BCUT2D eigenvalue weighted by Gasteiger charge is 2.59. The lowest BCUT2D eigenvalue weighted by atomic mass is 10.1. The summed E-state index contributed by atoms with van der Waals surface area (Å²) in [6, 6.07) is 0.332. The van der Waals surface area contributed by atoms with Gasteiger partial charge in [0.15, 0.2) is 23.5 Å². The van der Waals surface area contributed by atoms with Gasteiger partial charge >= 0.3 is 7.60 Å². The van der Waals surface area contributed by atoms with Gasteiger partial charge in [0.1, 0.15) is 42.3 Å². The summed E-state index contributed by atoms with van der Waals surface area (Å²) in [7, 11) is -4.76. The van der Waals surface area contributed by atoms with Crippen molar-refractivity contribution in [2.75, 3.05) is 25.1 Å². The molecule has 5 heterocycles. The van der Waals surface area contributed by atoms with Gasteiger partial charge in [-0.2, -0.15) is 10.3 Å². The van der Waals surface area contributed by atoms with E-state index in [1.54, 1.807) is 24.7 Å². The zero-order valence-corrected chi connectivity index (χ0v) is 27.1. The average molecular weight is 666 g/mol. The Morgan fingerprint density at radius 1 is 1.28 bits per heavy atom. The molecule has 0 amide bonds. The molecule has 1 saturated carbocycles. The van der Waals surface area contributed by atoms with Crippen molar-refractivity contribution in [1.82, 2.24) is 40.4 Å². The second-order valence-corrected chi connectivity index (χ2v) is 14.0. The Morgan fingerprint density at radius 3 is 2.74 bits per heavy atom. The number of aromatic amines is 1. The van der Waals surface area contributed by atoms with Crippen molar-refractivity contribution in [1.29, 1.82) is 0 Å². The van der Waals surface area contributed by atoms with Crippen LogP contribution < -0.4 is 5.32 Å². The third-order valence-corrected chi connectivity index (χ3v) is 10.3. The molecule has 3 aliphatic rings. The number of nitrogens with zero attached hydrogens (tertiary/aromatic N) is 7. The zero-order chi connectivity index (χ0) is 32.7. The van der Waals surface area contributed by atoms with Crippen LogP contribution in [0.1, 0.15) is 64.3 Å². The van der Waals surface area contributed by atoms with Crippen LogP contribution >= 0.6 is 7.60 Å². The Balaban J connectivity index is 1.27. The number of ether oxygens (including phenoxy) is 5. The van der Waals surface area contributed by atoms with E-state index in [-0.39, 0.29) is 25.6 Å². The second-order valence-electron chi connectivity index (χ2n) is 12.0. The number of hydrogen-bond donors (Lipinski definition) is 4. The van der Waals surface area contributed by atoms with Crippen LogP contribution in [-0.4, -0.2) is 106 Å². The molecule has 0 aromatic carbocycles. The molecule has 252 valence electrons. The maximum atomic E-state index is 13.5. The molecule has 3 fully saturated rings. The van der Waals surface area contributed by atoms with Crippen LogP contribution in [0, 0.1) is 6.92 Å². The molecular weight excluding hydrogens is 625 g/mol. The molecule has 1 aliphatic carbocycles. The molecule has 18 nitrogen and oxygen atoms in total. The Hall–Kier alpha value is -3.09. The standard InChI is InChI=1S/C27H40N9O9P/c1-6-42-46(38,39)27(15(2)37,14-40-13-20-32-34-35-33-20)41-12-19-21-22(45-26(4,5)44-21)25(43-19)36-24-18(11-28-36)23(29-16(3)30-24)31-17-9-7-8-10-17/h11,17,19,21-22,25,37H,2,6-10,12-14H2,1,3-5H3,(H,38,39)(H,29,30,31)(H,32,33,34,35)/t19-,21-,22-,25-,27-/m1/s1. The van der Waals surface area contributed by atoms with E-state index in [9.17, 15) is 14.6 Å². The predicted octanol–water partition coefficient (Wildman–Crippen LogP) is 2.64. The summed E-state index contributed by atoms with van der Waals surface area (Å²) >= 11 is 0. The molecule has 3 aromatic rings. The number of aryl methyl sites for hydroxylation is 1. The van der Waals surface area contributed by atoms with Gasteiger partial charge in [0.05, 0.1) is 31.4 Å². The molecule has 0 radical (unpaired) electrons. The lowest BCUT2D eigenvalue weighted by Gasteiger charge is -2.36. The molecule has 2 saturated heterocycles. The Labute approximate surface area is 264 Å². The first-order chi connectivity index (χ1) is 21.9. The first kappa shape index (κ1) is 32.8. The SMILES string of the molecule is C=C(O)[C@](COCc1nn[nH]n1)(OC[C@H]1O[C@@H](n2ncc3c(NC4CCCC4)nc(C)nc32)[C@@H]2OC(C)(C)O[C@@H]21)P(=O)(O)OCC. The van der Waals surface area contributed by atoms with Crippen LogP contribution in [0.15, 0.2) is 18.5 Å². The molecular formula is C27H40N9O9P. The number of aromatic nitrogens is 8. The van der Waals surface area contributed by atoms with Crippen molar-refractivity contribution in [3.05, 3.63) is 30.2 Å². The minimum Gasteiger partial charge on any atom is -0.509 e. The van der Waals surface area contributed by atoms with E-state index in [4.69, 9.17) is 28.2 Å². The summed E-state index contributed by atoms with van der Waals surface area (Å²) in [4.78, 5) is 20.3. The molecule has 6 rings (SSSR count). The van der Waals surface area contributed by atoms with Crippen molar-refractivity contribution in [2.24, 2.45) is 0 Å². The summed E-state index contributed by atoms with van der Waals surface area (Å²) in [5.74, 6) is -0.308. The van der Waals surface area contributed by atoms with Crippen molar-refractivity contribution < 1.29 is 42.8 Å². The number of H-pyrrole nitrogens is 1. The number of anilines is 1. The van der Waals surface area contributed by atoms with Gasteiger partial charge in [0.2, 0.25) is 5.34 Å². The number of tetrazole rings is 1. The van der Waals surface area contributed by atoms with Crippen molar-refractivity contribution >= 4 is 24.4 Å². The average Bonchev–Trinajstić information content (AvgIpc) is 3.81. The van der Waals surface area contributed by atoms with Gasteiger partial charge in [0, 0.05) is 6.04 Å². The van der Waals surface area contributed by atoms with Gasteiger partial charge in [-0.25, -0.2) is 14.6 Å². The van der Waals surface area contributed by atoms with E-state index in [0.717, 1.165) is 18.2 Å². The minimum absolute atomic E-state index is 0.153. The topological polar surface area (TPSA) is 223 Å². The van der Waals surface area contributed by atoms with Crippen LogP contribution in [-0.2, 0) is 39.4 Å². The monoisotopic (exact) mass is 665 g/mol. The van der Waals surface area contributed by atoms with E-state index < -0.39 is 55.6 Å². The van der Waals surface area contributed by atoms with E-state index in [2.05, 4.69) is 47.6 Å². The molecule has 1 unspecified atom stereocenters. The van der Waals surface area contributed by atoms with Gasteiger partial charge in [-0.15, -0.1) is 10.2 Å². The van der Waals surface area contributed by atoms with Crippen LogP contribution in [0.25, 0.3) is 11.0 Å². The first-order valence-electron chi connectivity index (χ1n) is 15.2. The van der Waals surface area contributed by atoms with Crippen LogP contribution in [0.3, 0.4) is 0 Å². The number of aliphatic hydroxyl groups excluding tert-OH is 1. The molecule has 0 spiro atoms. The summed E-state index contributed by atoms with van der Waals surface area (Å²) in [6.07, 6.45) is 3.19. The van der Waals surface area contributed by atoms with E-state index >= 15 is 0 Å². The zero-order valence-electron chi connectivity index (χ0n) is 26.2. The molecule has 46 heavy (non-hydrogen) atoms. The number of fused-ring (bicyclic) bond motifs is 2. The molecule has 0 bridgehead atoms. The van der Waals surface area contributed by atoms with E-state index in [1.165, 1.54) is 19.8 Å². The third kappa shape index (κ3) is 6.27. The molecule has 2 aliphatic heterocycles. The molecule has 6 atom stereocenters. The number of nitrogens with one attached hydrogen (secondary N) is 2. The van der Waals surface area contributed by atoms with Crippen LogP contribution in [0.4, 0.5) is 5.82 Å². The maximum absolute atomic E-state index is 13.5. The highest BCUT2D eigenvalue weighted by Crippen LogP contribution is 2.59. The Kier molecular flexibility index (Phi) is 9.17. The Morgan fingerprint density at radius 2 is 2.04 bits per heavy atom. The van der Waals surface area contributed by atoms with E-state index in [1.807, 2.05) is 6.92 Å². The molecule has 3 aromatic heterocycles. The summed E-state index contributed by atoms with van der Waals surface area (Å²) in [6.45, 7) is 9.10. The maximum Gasteiger partial charge on any atom is 0.369 e. The number of rotatable bonds is 14. The largest absolute Gasteiger partial charge is 0.509 e. The van der Waals surface area contributed by atoms with Crippen molar-refractivity contribution in [2.45, 2.75) is 102 Å². The van der Waals surface area contributed by atoms with Crippen LogP contribution in [0.5, 0.6) is 0 Å². The summed E-state index contributed by atoms with van der Waals surface area (Å²) < 4.78 is 50.9. The quantitative estimate of drug-likeness (QED) is 0.143. The van der Waals surface area contributed by atoms with E-state index in [0.29, 0.717) is 23.3 Å². The summed E-state index contributed by atoms with van der Waals surface area (Å²) in [5, 5.41) is 30.6. The lowest BCUT2D eigenvalue weighted by molar-refractivity contribution is -0.207. The lowest BCUT2D eigenvalue weighted by Crippen LogP contribution is -2.44. The van der Waals surface area contributed by atoms with Gasteiger partial charge < -0.3 is 43.5 Å². The normalized spacial score (nSPS) is 27.1. The second kappa shape index (κ2) is 12.8.